The molecule has 32 heavy (non-hydrogen) atoms. The van der Waals surface area contributed by atoms with Crippen molar-refractivity contribution in [1.29, 1.82) is 0 Å². The quantitative estimate of drug-likeness (QED) is 0.446. The Kier molecular flexibility index (Phi) is 9.40. The fourth-order valence-electron chi connectivity index (χ4n) is 2.84. The van der Waals surface area contributed by atoms with E-state index in [4.69, 9.17) is 9.47 Å². The van der Waals surface area contributed by atoms with Crippen LogP contribution in [0.25, 0.3) is 11.8 Å². The second kappa shape index (κ2) is 12.0. The van der Waals surface area contributed by atoms with Gasteiger partial charge in [-0.25, -0.2) is 9.78 Å². The summed E-state index contributed by atoms with van der Waals surface area (Å²) in [6.45, 7) is 9.92. The van der Waals surface area contributed by atoms with Gasteiger partial charge < -0.3 is 19.4 Å². The minimum Gasteiger partial charge on any atom is -0.459 e. The zero-order chi connectivity index (χ0) is 23.6. The Morgan fingerprint density at radius 2 is 1.88 bits per heavy atom. The van der Waals surface area contributed by atoms with Gasteiger partial charge in [0.2, 0.25) is 0 Å². The standard InChI is InChI=1S/C25H33N3O4/c1-19(2)23(24(30)32-25(3,4)5)27-14-6-9-22(29)31-17-7-8-20-10-12-21(13-11-20)28-16-15-26-18-28/h6-13,15-16,18-19,23,27H,14,17H2,1-5H3/t23-/m0/s1. The SMILES string of the molecule is CC(C)[C@H](NCC=CC(=O)OCC=Cc1ccc(-n2ccnc2)cc1)C(=O)OC(C)(C)C. The molecule has 1 heterocycles. The van der Waals surface area contributed by atoms with E-state index in [1.165, 1.54) is 6.08 Å². The molecule has 2 rings (SSSR count). The summed E-state index contributed by atoms with van der Waals surface area (Å²) in [7, 11) is 0. The van der Waals surface area contributed by atoms with E-state index < -0.39 is 17.6 Å². The summed E-state index contributed by atoms with van der Waals surface area (Å²) >= 11 is 0. The maximum Gasteiger partial charge on any atom is 0.330 e. The van der Waals surface area contributed by atoms with Crippen LogP contribution >= 0.6 is 0 Å². The van der Waals surface area contributed by atoms with E-state index in [1.54, 1.807) is 24.7 Å². The van der Waals surface area contributed by atoms with Crippen LogP contribution in [0.3, 0.4) is 0 Å². The molecule has 0 bridgehead atoms. The number of hydrogen-bond donors (Lipinski definition) is 1. The normalized spacial score (nSPS) is 13.1. The first-order valence-corrected chi connectivity index (χ1v) is 10.7. The van der Waals surface area contributed by atoms with Gasteiger partial charge in [-0.15, -0.1) is 0 Å². The maximum absolute atomic E-state index is 12.3. The van der Waals surface area contributed by atoms with Gasteiger partial charge in [-0.05, 0) is 50.5 Å². The van der Waals surface area contributed by atoms with Crippen LogP contribution in [0.2, 0.25) is 0 Å². The molecule has 1 aromatic carbocycles. The molecule has 1 N–H and O–H groups in total. The Morgan fingerprint density at radius 1 is 1.16 bits per heavy atom. The molecule has 0 radical (unpaired) electrons. The minimum absolute atomic E-state index is 0.0596. The van der Waals surface area contributed by atoms with Gasteiger partial charge in [-0.1, -0.05) is 38.1 Å². The summed E-state index contributed by atoms with van der Waals surface area (Å²) in [5.74, 6) is -0.679. The summed E-state index contributed by atoms with van der Waals surface area (Å²) in [5, 5.41) is 3.11. The number of carbonyl (C=O) groups is 2. The molecular formula is C25H33N3O4. The third-order valence-corrected chi connectivity index (χ3v) is 4.36. The monoisotopic (exact) mass is 439 g/mol. The number of nitrogens with one attached hydrogen (secondary N) is 1. The highest BCUT2D eigenvalue weighted by atomic mass is 16.6. The summed E-state index contributed by atoms with van der Waals surface area (Å²) in [4.78, 5) is 28.2. The van der Waals surface area contributed by atoms with Crippen LogP contribution in [-0.2, 0) is 19.1 Å². The first-order valence-electron chi connectivity index (χ1n) is 10.7. The number of rotatable bonds is 10. The highest BCUT2D eigenvalue weighted by Gasteiger charge is 2.26. The van der Waals surface area contributed by atoms with E-state index in [0.29, 0.717) is 6.54 Å². The minimum atomic E-state index is -0.541. The average molecular weight is 440 g/mol. The number of benzene rings is 1. The summed E-state index contributed by atoms with van der Waals surface area (Å²) in [6, 6.07) is 7.50. The predicted octanol–water partition coefficient (Wildman–Crippen LogP) is 3.94. The first kappa shape index (κ1) is 25.1. The third kappa shape index (κ3) is 8.89. The van der Waals surface area contributed by atoms with Crippen molar-refractivity contribution in [2.45, 2.75) is 46.3 Å². The third-order valence-electron chi connectivity index (χ3n) is 4.36. The van der Waals surface area contributed by atoms with E-state index in [2.05, 4.69) is 10.3 Å². The van der Waals surface area contributed by atoms with Gasteiger partial charge in [0.15, 0.2) is 0 Å². The molecule has 0 spiro atoms. The van der Waals surface area contributed by atoms with Crippen molar-refractivity contribution < 1.29 is 19.1 Å². The number of aromatic nitrogens is 2. The Morgan fingerprint density at radius 3 is 2.47 bits per heavy atom. The number of esters is 2. The molecule has 0 aliphatic carbocycles. The van der Waals surface area contributed by atoms with E-state index in [9.17, 15) is 9.59 Å². The van der Waals surface area contributed by atoms with E-state index in [-0.39, 0.29) is 18.5 Å². The molecule has 172 valence electrons. The lowest BCUT2D eigenvalue weighted by Gasteiger charge is -2.26. The van der Waals surface area contributed by atoms with Gasteiger partial charge in [0.05, 0.1) is 6.33 Å². The van der Waals surface area contributed by atoms with Gasteiger partial charge in [-0.3, -0.25) is 4.79 Å². The Bertz CT molecular complexity index is 908. The fourth-order valence-corrected chi connectivity index (χ4v) is 2.84. The van der Waals surface area contributed by atoms with Gasteiger partial charge in [0.25, 0.3) is 0 Å². The summed E-state index contributed by atoms with van der Waals surface area (Å²) < 4.78 is 12.5. The Labute approximate surface area is 190 Å². The van der Waals surface area contributed by atoms with Crippen LogP contribution in [0.5, 0.6) is 0 Å². The average Bonchev–Trinajstić information content (AvgIpc) is 3.24. The second-order valence-corrected chi connectivity index (χ2v) is 8.66. The molecule has 0 aliphatic rings. The van der Waals surface area contributed by atoms with Crippen molar-refractivity contribution >= 4 is 18.0 Å². The molecule has 0 saturated heterocycles. The molecule has 2 aromatic rings. The maximum atomic E-state index is 12.3. The lowest BCUT2D eigenvalue weighted by molar-refractivity contribution is -0.158. The lowest BCUT2D eigenvalue weighted by atomic mass is 10.0. The van der Waals surface area contributed by atoms with Gasteiger partial charge in [-0.2, -0.15) is 0 Å². The Hall–Kier alpha value is -3.19. The lowest BCUT2D eigenvalue weighted by Crippen LogP contribution is -2.44. The van der Waals surface area contributed by atoms with Crippen molar-refractivity contribution in [2.24, 2.45) is 5.92 Å². The largest absolute Gasteiger partial charge is 0.459 e. The molecule has 1 aromatic heterocycles. The highest BCUT2D eigenvalue weighted by Crippen LogP contribution is 2.12. The van der Waals surface area contributed by atoms with Crippen molar-refractivity contribution in [1.82, 2.24) is 14.9 Å². The smallest absolute Gasteiger partial charge is 0.330 e. The van der Waals surface area contributed by atoms with E-state index in [0.717, 1.165) is 11.3 Å². The van der Waals surface area contributed by atoms with Crippen LogP contribution in [0, 0.1) is 5.92 Å². The number of hydrogen-bond acceptors (Lipinski definition) is 6. The second-order valence-electron chi connectivity index (χ2n) is 8.66. The van der Waals surface area contributed by atoms with Crippen LogP contribution in [-0.4, -0.2) is 46.3 Å². The predicted molar refractivity (Wildman–Crippen MR) is 125 cm³/mol. The summed E-state index contributed by atoms with van der Waals surface area (Å²) in [5.41, 5.74) is 1.49. The number of carbonyl (C=O) groups excluding carboxylic acids is 2. The van der Waals surface area contributed by atoms with Gasteiger partial charge in [0, 0.05) is 30.7 Å². The zero-order valence-corrected chi connectivity index (χ0v) is 19.4. The number of imidazole rings is 1. The molecule has 1 atom stereocenters. The van der Waals surface area contributed by atoms with E-state index >= 15 is 0 Å². The molecule has 0 unspecified atom stereocenters. The van der Waals surface area contributed by atoms with Gasteiger partial charge >= 0.3 is 11.9 Å². The van der Waals surface area contributed by atoms with Crippen LogP contribution in [0.15, 0.2) is 61.2 Å². The molecular weight excluding hydrogens is 406 g/mol. The van der Waals surface area contributed by atoms with E-state index in [1.807, 2.05) is 75.7 Å². The summed E-state index contributed by atoms with van der Waals surface area (Å²) in [6.07, 6.45) is 12.0. The van der Waals surface area contributed by atoms with Gasteiger partial charge in [0.1, 0.15) is 18.2 Å². The topological polar surface area (TPSA) is 82.5 Å². The number of nitrogens with zero attached hydrogens (tertiary/aromatic N) is 2. The molecule has 0 saturated carbocycles. The molecule has 7 heteroatoms. The van der Waals surface area contributed by atoms with Crippen molar-refractivity contribution in [2.75, 3.05) is 13.2 Å². The van der Waals surface area contributed by atoms with Crippen LogP contribution < -0.4 is 5.32 Å². The van der Waals surface area contributed by atoms with Crippen molar-refractivity contribution in [3.63, 3.8) is 0 Å². The molecule has 0 aliphatic heterocycles. The molecule has 7 nitrogen and oxygen atoms in total. The molecule has 0 amide bonds. The highest BCUT2D eigenvalue weighted by molar-refractivity contribution is 5.82. The van der Waals surface area contributed by atoms with Crippen molar-refractivity contribution in [3.05, 3.63) is 66.8 Å². The number of ether oxygens (including phenoxy) is 2. The van der Waals surface area contributed by atoms with Crippen LogP contribution in [0.1, 0.15) is 40.2 Å². The first-order chi connectivity index (χ1) is 15.2. The molecule has 0 fully saturated rings. The van der Waals surface area contributed by atoms with Crippen molar-refractivity contribution in [3.8, 4) is 5.69 Å². The van der Waals surface area contributed by atoms with Crippen LogP contribution in [0.4, 0.5) is 0 Å². The fraction of sp³-hybridized carbons (Fsp3) is 0.400. The Balaban J connectivity index is 1.72. The zero-order valence-electron chi connectivity index (χ0n) is 19.4.